The average molecular weight is 296 g/mol. The van der Waals surface area contributed by atoms with E-state index < -0.39 is 6.10 Å². The van der Waals surface area contributed by atoms with E-state index >= 15 is 0 Å². The number of benzene rings is 1. The van der Waals surface area contributed by atoms with Crippen LogP contribution in [-0.2, 0) is 0 Å². The standard InChI is InChI=1S/C18H20N2O2/c1-3-13-19-15-10-12-17(22-2)20-18(15)16(21)11-9-14-7-5-4-6-8-14/h3-12,16,19,21H,1,13H2,2H3/b11-9+. The summed E-state index contributed by atoms with van der Waals surface area (Å²) in [5, 5.41) is 13.6. The molecule has 1 unspecified atom stereocenters. The van der Waals surface area contributed by atoms with Gasteiger partial charge in [-0.1, -0.05) is 42.5 Å². The molecule has 1 aromatic carbocycles. The number of nitrogens with one attached hydrogen (secondary N) is 1. The van der Waals surface area contributed by atoms with Gasteiger partial charge in [-0.2, -0.15) is 0 Å². The second-order valence-corrected chi connectivity index (χ2v) is 4.67. The highest BCUT2D eigenvalue weighted by atomic mass is 16.5. The van der Waals surface area contributed by atoms with E-state index in [1.54, 1.807) is 25.3 Å². The van der Waals surface area contributed by atoms with Gasteiger partial charge in [0.1, 0.15) is 6.10 Å². The largest absolute Gasteiger partial charge is 0.481 e. The molecule has 1 atom stereocenters. The van der Waals surface area contributed by atoms with Gasteiger partial charge >= 0.3 is 0 Å². The van der Waals surface area contributed by atoms with Gasteiger partial charge in [0.2, 0.25) is 5.88 Å². The number of aliphatic hydroxyl groups excluding tert-OH is 1. The number of rotatable bonds is 7. The molecule has 4 heteroatoms. The van der Waals surface area contributed by atoms with Gasteiger partial charge in [-0.3, -0.25) is 0 Å². The van der Waals surface area contributed by atoms with E-state index in [1.807, 2.05) is 42.5 Å². The van der Waals surface area contributed by atoms with Crippen LogP contribution in [0.15, 0.2) is 61.2 Å². The molecule has 0 saturated carbocycles. The highest BCUT2D eigenvalue weighted by Crippen LogP contribution is 2.25. The maximum Gasteiger partial charge on any atom is 0.213 e. The molecule has 1 aromatic heterocycles. The fourth-order valence-electron chi connectivity index (χ4n) is 1.98. The van der Waals surface area contributed by atoms with Gasteiger partial charge in [-0.15, -0.1) is 6.58 Å². The van der Waals surface area contributed by atoms with Crippen molar-refractivity contribution >= 4 is 11.8 Å². The lowest BCUT2D eigenvalue weighted by Gasteiger charge is -2.14. The normalized spacial score (nSPS) is 12.1. The van der Waals surface area contributed by atoms with Gasteiger partial charge in [-0.25, -0.2) is 4.98 Å². The van der Waals surface area contributed by atoms with Crippen molar-refractivity contribution in [3.8, 4) is 5.88 Å². The Labute approximate surface area is 130 Å². The Kier molecular flexibility index (Phi) is 5.74. The Hall–Kier alpha value is -2.59. The minimum Gasteiger partial charge on any atom is -0.481 e. The van der Waals surface area contributed by atoms with Crippen LogP contribution in [0.5, 0.6) is 5.88 Å². The van der Waals surface area contributed by atoms with Crippen molar-refractivity contribution in [2.45, 2.75) is 6.10 Å². The topological polar surface area (TPSA) is 54.4 Å². The maximum absolute atomic E-state index is 10.4. The van der Waals surface area contributed by atoms with E-state index in [0.717, 1.165) is 11.3 Å². The molecule has 0 aliphatic carbocycles. The van der Waals surface area contributed by atoms with Gasteiger partial charge in [0, 0.05) is 12.6 Å². The van der Waals surface area contributed by atoms with Crippen molar-refractivity contribution in [2.75, 3.05) is 19.0 Å². The molecule has 0 amide bonds. The molecule has 0 radical (unpaired) electrons. The summed E-state index contributed by atoms with van der Waals surface area (Å²) in [6.45, 7) is 4.27. The molecule has 0 aliphatic heterocycles. The molecular formula is C18H20N2O2. The molecule has 4 nitrogen and oxygen atoms in total. The van der Waals surface area contributed by atoms with Gasteiger partial charge in [0.05, 0.1) is 18.5 Å². The summed E-state index contributed by atoms with van der Waals surface area (Å²) in [4.78, 5) is 4.34. The maximum atomic E-state index is 10.4. The first-order chi connectivity index (χ1) is 10.7. The summed E-state index contributed by atoms with van der Waals surface area (Å²) >= 11 is 0. The van der Waals surface area contributed by atoms with Gasteiger partial charge in [0.25, 0.3) is 0 Å². The molecule has 2 N–H and O–H groups in total. The van der Waals surface area contributed by atoms with Crippen molar-refractivity contribution in [3.63, 3.8) is 0 Å². The van der Waals surface area contributed by atoms with E-state index in [4.69, 9.17) is 4.74 Å². The Morgan fingerprint density at radius 3 is 2.73 bits per heavy atom. The lowest BCUT2D eigenvalue weighted by atomic mass is 10.1. The molecule has 114 valence electrons. The fourth-order valence-corrected chi connectivity index (χ4v) is 1.98. The summed E-state index contributed by atoms with van der Waals surface area (Å²) in [5.41, 5.74) is 2.30. The smallest absolute Gasteiger partial charge is 0.213 e. The molecule has 2 rings (SSSR count). The molecule has 0 fully saturated rings. The fraction of sp³-hybridized carbons (Fsp3) is 0.167. The van der Waals surface area contributed by atoms with Crippen LogP contribution in [0.3, 0.4) is 0 Å². The second-order valence-electron chi connectivity index (χ2n) is 4.67. The van der Waals surface area contributed by atoms with Crippen LogP contribution in [0.25, 0.3) is 6.08 Å². The van der Waals surface area contributed by atoms with E-state index in [2.05, 4.69) is 16.9 Å². The Morgan fingerprint density at radius 2 is 2.05 bits per heavy atom. The number of ether oxygens (including phenoxy) is 1. The van der Waals surface area contributed by atoms with Crippen molar-refractivity contribution in [2.24, 2.45) is 0 Å². The molecule has 0 aliphatic rings. The molecule has 0 bridgehead atoms. The van der Waals surface area contributed by atoms with Crippen LogP contribution in [0.4, 0.5) is 5.69 Å². The number of hydrogen-bond donors (Lipinski definition) is 2. The van der Waals surface area contributed by atoms with Crippen molar-refractivity contribution in [3.05, 3.63) is 72.5 Å². The zero-order valence-electron chi connectivity index (χ0n) is 12.6. The number of anilines is 1. The zero-order chi connectivity index (χ0) is 15.8. The van der Waals surface area contributed by atoms with Gasteiger partial charge in [0.15, 0.2) is 0 Å². The van der Waals surface area contributed by atoms with Crippen LogP contribution in [0.1, 0.15) is 17.4 Å². The van der Waals surface area contributed by atoms with Crippen molar-refractivity contribution in [1.82, 2.24) is 4.98 Å². The summed E-state index contributed by atoms with van der Waals surface area (Å²) in [7, 11) is 1.55. The predicted molar refractivity (Wildman–Crippen MR) is 89.9 cm³/mol. The van der Waals surface area contributed by atoms with Gasteiger partial charge < -0.3 is 15.2 Å². The summed E-state index contributed by atoms with van der Waals surface area (Å²) in [6, 6.07) is 13.4. The number of pyridine rings is 1. The minimum atomic E-state index is -0.831. The quantitative estimate of drug-likeness (QED) is 0.769. The predicted octanol–water partition coefficient (Wildman–Crippen LogP) is 3.43. The van der Waals surface area contributed by atoms with Crippen LogP contribution >= 0.6 is 0 Å². The van der Waals surface area contributed by atoms with Gasteiger partial charge in [-0.05, 0) is 17.7 Å². The first-order valence-electron chi connectivity index (χ1n) is 7.05. The lowest BCUT2D eigenvalue weighted by Crippen LogP contribution is -2.07. The Bertz CT molecular complexity index is 639. The van der Waals surface area contributed by atoms with E-state index in [0.29, 0.717) is 18.1 Å². The third kappa shape index (κ3) is 4.20. The lowest BCUT2D eigenvalue weighted by molar-refractivity contribution is 0.223. The van der Waals surface area contributed by atoms with Crippen molar-refractivity contribution < 1.29 is 9.84 Å². The summed E-state index contributed by atoms with van der Waals surface area (Å²) in [6.07, 6.45) is 4.49. The minimum absolute atomic E-state index is 0.464. The van der Waals surface area contributed by atoms with E-state index in [9.17, 15) is 5.11 Å². The number of aliphatic hydroxyl groups is 1. The Morgan fingerprint density at radius 1 is 1.27 bits per heavy atom. The third-order valence-corrected chi connectivity index (χ3v) is 3.10. The summed E-state index contributed by atoms with van der Waals surface area (Å²) in [5.74, 6) is 0.464. The monoisotopic (exact) mass is 296 g/mol. The number of hydrogen-bond acceptors (Lipinski definition) is 4. The van der Waals surface area contributed by atoms with Crippen LogP contribution in [0.2, 0.25) is 0 Å². The summed E-state index contributed by atoms with van der Waals surface area (Å²) < 4.78 is 5.13. The molecule has 1 heterocycles. The highest BCUT2D eigenvalue weighted by Gasteiger charge is 2.13. The van der Waals surface area contributed by atoms with E-state index in [1.165, 1.54) is 0 Å². The number of nitrogens with zero attached hydrogens (tertiary/aromatic N) is 1. The SMILES string of the molecule is C=CCNc1ccc(OC)nc1C(O)/C=C/c1ccccc1. The van der Waals surface area contributed by atoms with Crippen LogP contribution < -0.4 is 10.1 Å². The number of aromatic nitrogens is 1. The second kappa shape index (κ2) is 8.00. The van der Waals surface area contributed by atoms with Crippen LogP contribution in [0, 0.1) is 0 Å². The van der Waals surface area contributed by atoms with Crippen molar-refractivity contribution in [1.29, 1.82) is 0 Å². The molecule has 22 heavy (non-hydrogen) atoms. The zero-order valence-corrected chi connectivity index (χ0v) is 12.6. The first kappa shape index (κ1) is 15.8. The third-order valence-electron chi connectivity index (χ3n) is 3.10. The van der Waals surface area contributed by atoms with E-state index in [-0.39, 0.29) is 0 Å². The highest BCUT2D eigenvalue weighted by molar-refractivity contribution is 5.55. The average Bonchev–Trinajstić information content (AvgIpc) is 2.58. The molecular weight excluding hydrogens is 276 g/mol. The molecule has 0 spiro atoms. The molecule has 0 saturated heterocycles. The molecule has 2 aromatic rings. The Balaban J connectivity index is 2.24. The number of methoxy groups -OCH3 is 1. The first-order valence-corrected chi connectivity index (χ1v) is 7.05. The van der Waals surface area contributed by atoms with Crippen LogP contribution in [-0.4, -0.2) is 23.7 Å².